The Labute approximate surface area is 193 Å². The molecule has 0 bridgehead atoms. The first-order valence-electron chi connectivity index (χ1n) is 10.6. The van der Waals surface area contributed by atoms with E-state index in [1.54, 1.807) is 24.1 Å². The number of nitrogens with zero attached hydrogens (tertiary/aromatic N) is 2. The van der Waals surface area contributed by atoms with Gasteiger partial charge in [0, 0.05) is 48.4 Å². The molecule has 0 fully saturated rings. The quantitative estimate of drug-likeness (QED) is 0.168. The van der Waals surface area contributed by atoms with Crippen LogP contribution in [0.25, 0.3) is 0 Å². The molecule has 8 nitrogen and oxygen atoms in total. The van der Waals surface area contributed by atoms with Crippen LogP contribution >= 0.6 is 11.8 Å². The zero-order valence-corrected chi connectivity index (χ0v) is 19.6. The Bertz CT molecular complexity index is 922. The number of amides is 1. The van der Waals surface area contributed by atoms with Crippen LogP contribution in [0.15, 0.2) is 58.2 Å². The molecule has 2 heterocycles. The SMILES string of the molecule is C=C/C(=C\C=NCN(C)C)C(=O)Nc1ccc(C)c(NC(O)C2CC3=C(NCCN3)S2)c1. The van der Waals surface area contributed by atoms with Gasteiger partial charge in [-0.2, -0.15) is 0 Å². The number of anilines is 2. The monoisotopic (exact) mass is 456 g/mol. The summed E-state index contributed by atoms with van der Waals surface area (Å²) in [4.78, 5) is 18.8. The first-order valence-corrected chi connectivity index (χ1v) is 11.5. The van der Waals surface area contributed by atoms with Gasteiger partial charge in [-0.15, -0.1) is 0 Å². The summed E-state index contributed by atoms with van der Waals surface area (Å²) in [6, 6.07) is 5.58. The Kier molecular flexibility index (Phi) is 8.38. The van der Waals surface area contributed by atoms with Crippen LogP contribution in [-0.4, -0.2) is 67.5 Å². The minimum Gasteiger partial charge on any atom is -0.384 e. The molecule has 2 unspecified atom stereocenters. The van der Waals surface area contributed by atoms with Gasteiger partial charge in [-0.25, -0.2) is 0 Å². The topological polar surface area (TPSA) is 101 Å². The molecular formula is C23H32N6O2S. The zero-order valence-electron chi connectivity index (χ0n) is 18.8. The highest BCUT2D eigenvalue weighted by molar-refractivity contribution is 8.03. The van der Waals surface area contributed by atoms with Gasteiger partial charge in [0.2, 0.25) is 0 Å². The fourth-order valence-corrected chi connectivity index (χ4v) is 4.55. The lowest BCUT2D eigenvalue weighted by Gasteiger charge is -2.22. The summed E-state index contributed by atoms with van der Waals surface area (Å²) in [6.45, 7) is 8.02. The summed E-state index contributed by atoms with van der Waals surface area (Å²) in [5, 5.41) is 24.8. The highest BCUT2D eigenvalue weighted by Crippen LogP contribution is 2.38. The Hall–Kier alpha value is -2.75. The summed E-state index contributed by atoms with van der Waals surface area (Å²) in [6.07, 6.45) is 4.79. The Morgan fingerprint density at radius 1 is 1.41 bits per heavy atom. The van der Waals surface area contributed by atoms with Crippen LogP contribution in [0.3, 0.4) is 0 Å². The molecular weight excluding hydrogens is 424 g/mol. The third-order valence-electron chi connectivity index (χ3n) is 5.05. The smallest absolute Gasteiger partial charge is 0.255 e. The fraction of sp³-hybridized carbons (Fsp3) is 0.391. The van der Waals surface area contributed by atoms with Crippen molar-refractivity contribution < 1.29 is 9.90 Å². The van der Waals surface area contributed by atoms with Gasteiger partial charge in [0.25, 0.3) is 5.91 Å². The second-order valence-corrected chi connectivity index (χ2v) is 9.22. The van der Waals surface area contributed by atoms with Crippen molar-refractivity contribution in [3.8, 4) is 0 Å². The van der Waals surface area contributed by atoms with Crippen LogP contribution in [0, 0.1) is 6.92 Å². The van der Waals surface area contributed by atoms with Gasteiger partial charge in [0.1, 0.15) is 6.23 Å². The number of hydrogen-bond acceptors (Lipinski definition) is 8. The van der Waals surface area contributed by atoms with Gasteiger partial charge in [-0.05, 0) is 44.8 Å². The molecule has 32 heavy (non-hydrogen) atoms. The van der Waals surface area contributed by atoms with Gasteiger partial charge in [0.15, 0.2) is 0 Å². The molecule has 172 valence electrons. The molecule has 0 aliphatic carbocycles. The molecule has 1 amide bonds. The van der Waals surface area contributed by atoms with Crippen LogP contribution in [0.4, 0.5) is 11.4 Å². The molecule has 9 heteroatoms. The molecule has 0 spiro atoms. The number of aliphatic hydroxyl groups is 1. The lowest BCUT2D eigenvalue weighted by molar-refractivity contribution is -0.112. The minimum atomic E-state index is -0.726. The molecule has 3 rings (SSSR count). The van der Waals surface area contributed by atoms with E-state index < -0.39 is 6.23 Å². The number of thioether (sulfide) groups is 1. The molecule has 2 aliphatic heterocycles. The van der Waals surface area contributed by atoms with Crippen molar-refractivity contribution in [3.63, 3.8) is 0 Å². The number of carbonyl (C=O) groups is 1. The summed E-state index contributed by atoms with van der Waals surface area (Å²) < 4.78 is 0. The lowest BCUT2D eigenvalue weighted by Crippen LogP contribution is -2.33. The Morgan fingerprint density at radius 2 is 2.19 bits per heavy atom. The molecule has 0 aromatic heterocycles. The van der Waals surface area contributed by atoms with Crippen LogP contribution in [0.5, 0.6) is 0 Å². The average Bonchev–Trinajstić information content (AvgIpc) is 3.20. The maximum absolute atomic E-state index is 12.6. The van der Waals surface area contributed by atoms with Gasteiger partial charge in [-0.1, -0.05) is 30.5 Å². The van der Waals surface area contributed by atoms with E-state index in [0.29, 0.717) is 17.9 Å². The summed E-state index contributed by atoms with van der Waals surface area (Å²) in [7, 11) is 3.85. The van der Waals surface area contributed by atoms with Crippen molar-refractivity contribution >= 4 is 35.3 Å². The molecule has 2 aliphatic rings. The van der Waals surface area contributed by atoms with Crippen LogP contribution in [0.1, 0.15) is 12.0 Å². The summed E-state index contributed by atoms with van der Waals surface area (Å²) in [5.41, 5.74) is 3.98. The molecule has 0 saturated heterocycles. The number of rotatable bonds is 9. The van der Waals surface area contributed by atoms with Crippen LogP contribution < -0.4 is 21.3 Å². The predicted octanol–water partition coefficient (Wildman–Crippen LogP) is 2.23. The number of aliphatic imine (C=N–C) groups is 1. The van der Waals surface area contributed by atoms with E-state index in [0.717, 1.165) is 35.8 Å². The number of allylic oxidation sites excluding steroid dienone is 2. The van der Waals surface area contributed by atoms with E-state index in [9.17, 15) is 9.90 Å². The first-order chi connectivity index (χ1) is 15.4. The van der Waals surface area contributed by atoms with E-state index in [-0.39, 0.29) is 11.2 Å². The van der Waals surface area contributed by atoms with E-state index in [1.165, 1.54) is 11.8 Å². The van der Waals surface area contributed by atoms with Gasteiger partial charge < -0.3 is 26.4 Å². The second-order valence-electron chi connectivity index (χ2n) is 7.97. The predicted molar refractivity (Wildman–Crippen MR) is 134 cm³/mol. The van der Waals surface area contributed by atoms with Gasteiger partial charge >= 0.3 is 0 Å². The van der Waals surface area contributed by atoms with Crippen molar-refractivity contribution in [1.29, 1.82) is 0 Å². The zero-order chi connectivity index (χ0) is 23.1. The van der Waals surface area contributed by atoms with Crippen molar-refractivity contribution in [3.05, 3.63) is 58.8 Å². The third kappa shape index (κ3) is 6.38. The number of aryl methyl sites for hydroxylation is 1. The Morgan fingerprint density at radius 3 is 2.91 bits per heavy atom. The summed E-state index contributed by atoms with van der Waals surface area (Å²) >= 11 is 1.65. The van der Waals surface area contributed by atoms with E-state index >= 15 is 0 Å². The Balaban J connectivity index is 1.62. The maximum Gasteiger partial charge on any atom is 0.255 e. The van der Waals surface area contributed by atoms with Crippen molar-refractivity contribution in [2.24, 2.45) is 4.99 Å². The standard InChI is InChI=1S/C23H32N6O2S/c1-5-16(8-9-24-14-29(3)4)21(30)27-17-7-6-15(2)18(12-17)28-22(31)20-13-19-23(32-20)26-11-10-25-19/h5-9,12,20,22,25-26,28,31H,1,10-11,13-14H2,2-4H3,(H,27,30)/b16-8+,24-9?. The van der Waals surface area contributed by atoms with E-state index in [4.69, 9.17) is 0 Å². The molecule has 2 atom stereocenters. The molecule has 1 aromatic rings. The molecule has 1 aromatic carbocycles. The van der Waals surface area contributed by atoms with Crippen molar-refractivity contribution in [1.82, 2.24) is 15.5 Å². The number of nitrogens with one attached hydrogen (secondary N) is 4. The largest absolute Gasteiger partial charge is 0.384 e. The van der Waals surface area contributed by atoms with Crippen molar-refractivity contribution in [2.75, 3.05) is 44.5 Å². The minimum absolute atomic E-state index is 0.00695. The van der Waals surface area contributed by atoms with Crippen LogP contribution in [0.2, 0.25) is 0 Å². The normalized spacial score (nSPS) is 19.4. The third-order valence-corrected chi connectivity index (χ3v) is 6.41. The highest BCUT2D eigenvalue weighted by atomic mass is 32.2. The highest BCUT2D eigenvalue weighted by Gasteiger charge is 2.32. The molecule has 0 saturated carbocycles. The maximum atomic E-state index is 12.6. The molecule has 0 radical (unpaired) electrons. The first kappa shape index (κ1) is 23.9. The van der Waals surface area contributed by atoms with Gasteiger partial charge in [-0.3, -0.25) is 14.7 Å². The van der Waals surface area contributed by atoms with E-state index in [1.807, 2.05) is 44.1 Å². The lowest BCUT2D eigenvalue weighted by atomic mass is 10.1. The number of benzene rings is 1. The van der Waals surface area contributed by atoms with E-state index in [2.05, 4.69) is 32.8 Å². The van der Waals surface area contributed by atoms with Gasteiger partial charge in [0.05, 0.1) is 16.9 Å². The number of hydrogen-bond donors (Lipinski definition) is 5. The fourth-order valence-electron chi connectivity index (χ4n) is 3.32. The van der Waals surface area contributed by atoms with Crippen molar-refractivity contribution in [2.45, 2.75) is 24.8 Å². The number of aliphatic hydroxyl groups excluding tert-OH is 1. The average molecular weight is 457 g/mol. The number of carbonyl (C=O) groups excluding carboxylic acids is 1. The second kappa shape index (κ2) is 11.2. The molecule has 5 N–H and O–H groups in total. The summed E-state index contributed by atoms with van der Waals surface area (Å²) in [5.74, 6) is -0.271. The van der Waals surface area contributed by atoms with Crippen LogP contribution in [-0.2, 0) is 4.79 Å².